The lowest BCUT2D eigenvalue weighted by molar-refractivity contribution is 0.0932. The minimum atomic E-state index is -0.496. The van der Waals surface area contributed by atoms with Crippen molar-refractivity contribution < 1.29 is 13.7 Å². The molecule has 0 bridgehead atoms. The van der Waals surface area contributed by atoms with Crippen molar-refractivity contribution in [1.82, 2.24) is 25.4 Å². The SMILES string of the molecule is Cc1noc([C@@H](C)NC(=O)c2cc(-c3ccc(F)cc3)c3[nH]c(=O)[nH]c3c2)n1. The van der Waals surface area contributed by atoms with E-state index in [4.69, 9.17) is 4.52 Å². The number of aromatic nitrogens is 4. The minimum absolute atomic E-state index is 0.292. The van der Waals surface area contributed by atoms with Gasteiger partial charge in [0.05, 0.1) is 11.0 Å². The van der Waals surface area contributed by atoms with E-state index in [-0.39, 0.29) is 11.7 Å². The van der Waals surface area contributed by atoms with Crippen LogP contribution in [-0.4, -0.2) is 26.0 Å². The van der Waals surface area contributed by atoms with E-state index < -0.39 is 11.7 Å². The normalized spacial score (nSPS) is 12.2. The highest BCUT2D eigenvalue weighted by atomic mass is 19.1. The lowest BCUT2D eigenvalue weighted by Gasteiger charge is -2.11. The summed E-state index contributed by atoms with van der Waals surface area (Å²) in [7, 11) is 0. The first-order chi connectivity index (χ1) is 13.4. The van der Waals surface area contributed by atoms with Crippen LogP contribution < -0.4 is 11.0 Å². The summed E-state index contributed by atoms with van der Waals surface area (Å²) in [5, 5.41) is 6.50. The van der Waals surface area contributed by atoms with E-state index in [1.807, 2.05) is 0 Å². The Hall–Kier alpha value is -3.75. The van der Waals surface area contributed by atoms with Crippen molar-refractivity contribution >= 4 is 16.9 Å². The van der Waals surface area contributed by atoms with Crippen molar-refractivity contribution in [2.45, 2.75) is 19.9 Å². The first-order valence-corrected chi connectivity index (χ1v) is 8.54. The summed E-state index contributed by atoms with van der Waals surface area (Å²) in [5.74, 6) is 0.0116. The fourth-order valence-corrected chi connectivity index (χ4v) is 2.96. The molecule has 2 heterocycles. The quantitative estimate of drug-likeness (QED) is 0.503. The number of carbonyl (C=O) groups excluding carboxylic acids is 1. The summed E-state index contributed by atoms with van der Waals surface area (Å²) in [5.41, 5.74) is 2.20. The number of imidazole rings is 1. The second-order valence-electron chi connectivity index (χ2n) is 6.41. The molecule has 2 aromatic heterocycles. The number of benzene rings is 2. The third-order valence-corrected chi connectivity index (χ3v) is 4.30. The second kappa shape index (κ2) is 6.76. The molecule has 9 heteroatoms. The van der Waals surface area contributed by atoms with E-state index in [0.29, 0.717) is 39.4 Å². The molecule has 8 nitrogen and oxygen atoms in total. The van der Waals surface area contributed by atoms with Crippen LogP contribution in [0.5, 0.6) is 0 Å². The van der Waals surface area contributed by atoms with Crippen molar-refractivity contribution in [3.05, 3.63) is 70.0 Å². The van der Waals surface area contributed by atoms with Gasteiger partial charge in [-0.1, -0.05) is 17.3 Å². The highest BCUT2D eigenvalue weighted by Gasteiger charge is 2.19. The van der Waals surface area contributed by atoms with Gasteiger partial charge in [-0.05, 0) is 43.7 Å². The molecule has 3 N–H and O–H groups in total. The van der Waals surface area contributed by atoms with Gasteiger partial charge in [0, 0.05) is 11.1 Å². The molecule has 4 rings (SSSR count). The molecule has 0 aliphatic rings. The minimum Gasteiger partial charge on any atom is -0.341 e. The van der Waals surface area contributed by atoms with Gasteiger partial charge in [0.15, 0.2) is 5.82 Å². The molecule has 0 aliphatic carbocycles. The molecule has 28 heavy (non-hydrogen) atoms. The molecule has 0 spiro atoms. The fraction of sp³-hybridized carbons (Fsp3) is 0.158. The standard InChI is InChI=1S/C19H16FN5O3/c1-9(18-22-10(2)25-28-18)21-17(26)12-7-14(11-3-5-13(20)6-4-11)16-15(8-12)23-19(27)24-16/h3-9H,1-2H3,(H,21,26)(H2,23,24,27)/t9-/m1/s1. The lowest BCUT2D eigenvalue weighted by Crippen LogP contribution is -2.27. The summed E-state index contributed by atoms with van der Waals surface area (Å²) < 4.78 is 18.4. The van der Waals surface area contributed by atoms with Crippen LogP contribution in [0.4, 0.5) is 4.39 Å². The smallest absolute Gasteiger partial charge is 0.323 e. The number of aromatic amines is 2. The van der Waals surface area contributed by atoms with Gasteiger partial charge in [-0.3, -0.25) is 4.79 Å². The van der Waals surface area contributed by atoms with Crippen LogP contribution in [-0.2, 0) is 0 Å². The molecule has 0 saturated carbocycles. The Labute approximate surface area is 157 Å². The van der Waals surface area contributed by atoms with E-state index >= 15 is 0 Å². The average Bonchev–Trinajstić information content (AvgIpc) is 3.26. The summed E-state index contributed by atoms with van der Waals surface area (Å²) in [4.78, 5) is 34.0. The van der Waals surface area contributed by atoms with Crippen LogP contribution in [0.15, 0.2) is 45.7 Å². The number of rotatable bonds is 4. The zero-order valence-electron chi connectivity index (χ0n) is 15.0. The molecule has 4 aromatic rings. The van der Waals surface area contributed by atoms with Gasteiger partial charge < -0.3 is 19.8 Å². The van der Waals surface area contributed by atoms with Crippen LogP contribution in [0, 0.1) is 12.7 Å². The van der Waals surface area contributed by atoms with Gasteiger partial charge in [0.2, 0.25) is 5.89 Å². The molecule has 0 radical (unpaired) electrons. The molecule has 0 saturated heterocycles. The fourth-order valence-electron chi connectivity index (χ4n) is 2.96. The van der Waals surface area contributed by atoms with Gasteiger partial charge >= 0.3 is 5.69 Å². The van der Waals surface area contributed by atoms with Gasteiger partial charge in [-0.2, -0.15) is 4.98 Å². The number of halogens is 1. The number of amides is 1. The van der Waals surface area contributed by atoms with Crippen LogP contribution in [0.2, 0.25) is 0 Å². The number of carbonyl (C=O) groups is 1. The summed E-state index contributed by atoms with van der Waals surface area (Å²) in [6, 6.07) is 8.52. The van der Waals surface area contributed by atoms with Crippen molar-refractivity contribution in [1.29, 1.82) is 0 Å². The predicted molar refractivity (Wildman–Crippen MR) is 99.2 cm³/mol. The Morgan fingerprint density at radius 3 is 2.64 bits per heavy atom. The van der Waals surface area contributed by atoms with E-state index in [2.05, 4.69) is 25.4 Å². The van der Waals surface area contributed by atoms with Crippen molar-refractivity contribution in [3.63, 3.8) is 0 Å². The molecular formula is C19H16FN5O3. The van der Waals surface area contributed by atoms with Gasteiger partial charge in [-0.25, -0.2) is 9.18 Å². The molecule has 0 aliphatic heterocycles. The molecule has 1 amide bonds. The average molecular weight is 381 g/mol. The Morgan fingerprint density at radius 2 is 1.96 bits per heavy atom. The summed E-state index contributed by atoms with van der Waals surface area (Å²) >= 11 is 0. The molecule has 0 fully saturated rings. The van der Waals surface area contributed by atoms with E-state index in [9.17, 15) is 14.0 Å². The Kier molecular flexibility index (Phi) is 4.26. The summed E-state index contributed by atoms with van der Waals surface area (Å²) in [6.07, 6.45) is 0. The second-order valence-corrected chi connectivity index (χ2v) is 6.41. The molecule has 2 aromatic carbocycles. The number of fused-ring (bicyclic) bond motifs is 1. The van der Waals surface area contributed by atoms with Crippen LogP contribution in [0.25, 0.3) is 22.2 Å². The maximum Gasteiger partial charge on any atom is 0.323 e. The molecule has 0 unspecified atom stereocenters. The number of hydrogen-bond donors (Lipinski definition) is 3. The van der Waals surface area contributed by atoms with E-state index in [0.717, 1.165) is 0 Å². The van der Waals surface area contributed by atoms with Crippen molar-refractivity contribution in [3.8, 4) is 11.1 Å². The Balaban J connectivity index is 1.73. The van der Waals surface area contributed by atoms with Gasteiger partial charge in [0.25, 0.3) is 5.91 Å². The highest BCUT2D eigenvalue weighted by Crippen LogP contribution is 2.28. The van der Waals surface area contributed by atoms with Crippen LogP contribution >= 0.6 is 0 Å². The van der Waals surface area contributed by atoms with E-state index in [1.54, 1.807) is 38.1 Å². The largest absolute Gasteiger partial charge is 0.341 e. The topological polar surface area (TPSA) is 117 Å². The van der Waals surface area contributed by atoms with Crippen LogP contribution in [0.1, 0.15) is 35.0 Å². The maximum atomic E-state index is 13.3. The lowest BCUT2D eigenvalue weighted by atomic mass is 10.0. The number of nitrogens with one attached hydrogen (secondary N) is 3. The first-order valence-electron chi connectivity index (χ1n) is 8.54. The summed E-state index contributed by atoms with van der Waals surface area (Å²) in [6.45, 7) is 3.41. The number of H-pyrrole nitrogens is 2. The van der Waals surface area contributed by atoms with Crippen molar-refractivity contribution in [2.75, 3.05) is 0 Å². The zero-order valence-corrected chi connectivity index (χ0v) is 15.0. The van der Waals surface area contributed by atoms with Gasteiger partial charge in [-0.15, -0.1) is 0 Å². The number of nitrogens with zero attached hydrogens (tertiary/aromatic N) is 2. The number of aryl methyl sites for hydroxylation is 1. The third-order valence-electron chi connectivity index (χ3n) is 4.30. The Morgan fingerprint density at radius 1 is 1.21 bits per heavy atom. The zero-order chi connectivity index (χ0) is 19.8. The van der Waals surface area contributed by atoms with E-state index in [1.165, 1.54) is 12.1 Å². The maximum absolute atomic E-state index is 13.3. The monoisotopic (exact) mass is 381 g/mol. The number of hydrogen-bond acceptors (Lipinski definition) is 5. The Bertz CT molecular complexity index is 1220. The van der Waals surface area contributed by atoms with Gasteiger partial charge in [0.1, 0.15) is 11.9 Å². The molecule has 142 valence electrons. The molecular weight excluding hydrogens is 365 g/mol. The highest BCUT2D eigenvalue weighted by molar-refractivity contribution is 6.02. The third kappa shape index (κ3) is 3.29. The van der Waals surface area contributed by atoms with Crippen molar-refractivity contribution in [2.24, 2.45) is 0 Å². The molecule has 1 atom stereocenters. The first kappa shape index (κ1) is 17.7. The van der Waals surface area contributed by atoms with Crippen LogP contribution in [0.3, 0.4) is 0 Å². The predicted octanol–water partition coefficient (Wildman–Crippen LogP) is 2.84.